The molecule has 3 aromatic heterocycles. The Hall–Kier alpha value is -4.12. The van der Waals surface area contributed by atoms with E-state index in [9.17, 15) is 0 Å². The lowest BCUT2D eigenvalue weighted by atomic mass is 10.0. The molecule has 0 amide bonds. The molecule has 0 saturated carbocycles. The fourth-order valence-electron chi connectivity index (χ4n) is 3.60. The predicted octanol–water partition coefficient (Wildman–Crippen LogP) is 5.67. The van der Waals surface area contributed by atoms with Crippen molar-refractivity contribution in [2.45, 2.75) is 13.5 Å². The molecule has 5 aromatic rings. The topological polar surface area (TPSA) is 63.6 Å². The number of aromatic nitrogens is 4. The van der Waals surface area contributed by atoms with Crippen molar-refractivity contribution in [2.24, 2.45) is 0 Å². The molecule has 5 rings (SSSR count). The van der Waals surface area contributed by atoms with Crippen LogP contribution in [0.15, 0.2) is 91.5 Å². The smallest absolute Gasteiger partial charge is 0.137 e. The van der Waals surface area contributed by atoms with E-state index < -0.39 is 0 Å². The number of hydrogen-bond donors (Lipinski definition) is 1. The highest BCUT2D eigenvalue weighted by atomic mass is 15.0. The van der Waals surface area contributed by atoms with E-state index in [1.54, 1.807) is 6.33 Å². The molecule has 0 bridgehead atoms. The predicted molar refractivity (Wildman–Crippen MR) is 125 cm³/mol. The molecule has 0 atom stereocenters. The van der Waals surface area contributed by atoms with Crippen molar-refractivity contribution >= 4 is 16.7 Å². The average molecular weight is 403 g/mol. The summed E-state index contributed by atoms with van der Waals surface area (Å²) in [7, 11) is 0. The first-order valence-corrected chi connectivity index (χ1v) is 10.2. The van der Waals surface area contributed by atoms with Crippen LogP contribution in [0.3, 0.4) is 0 Å². The van der Waals surface area contributed by atoms with Crippen LogP contribution < -0.4 is 5.32 Å². The molecular formula is C26H21N5. The third-order valence-electron chi connectivity index (χ3n) is 5.22. The fraction of sp³-hybridized carbons (Fsp3) is 0.0769. The molecule has 3 heterocycles. The van der Waals surface area contributed by atoms with Crippen LogP contribution in [0.25, 0.3) is 33.3 Å². The van der Waals surface area contributed by atoms with Gasteiger partial charge in [0.05, 0.1) is 11.2 Å². The quantitative estimate of drug-likeness (QED) is 0.409. The molecule has 2 aromatic carbocycles. The zero-order valence-electron chi connectivity index (χ0n) is 17.2. The van der Waals surface area contributed by atoms with Crippen LogP contribution >= 0.6 is 0 Å². The maximum absolute atomic E-state index is 4.61. The molecule has 0 unspecified atom stereocenters. The van der Waals surface area contributed by atoms with E-state index in [1.165, 1.54) is 5.56 Å². The first kappa shape index (κ1) is 18.9. The molecule has 0 aliphatic carbocycles. The second-order valence-electron chi connectivity index (χ2n) is 7.41. The minimum atomic E-state index is 0.634. The number of benzene rings is 2. The molecule has 0 fully saturated rings. The van der Waals surface area contributed by atoms with Gasteiger partial charge in [0.2, 0.25) is 0 Å². The van der Waals surface area contributed by atoms with Crippen molar-refractivity contribution in [1.29, 1.82) is 0 Å². The first-order chi connectivity index (χ1) is 15.3. The minimum absolute atomic E-state index is 0.634. The van der Waals surface area contributed by atoms with Gasteiger partial charge in [0.15, 0.2) is 0 Å². The number of anilines is 1. The number of rotatable bonds is 5. The molecule has 0 saturated heterocycles. The van der Waals surface area contributed by atoms with E-state index in [2.05, 4.69) is 61.7 Å². The van der Waals surface area contributed by atoms with Gasteiger partial charge in [0, 0.05) is 35.6 Å². The molecular weight excluding hydrogens is 382 g/mol. The summed E-state index contributed by atoms with van der Waals surface area (Å²) in [4.78, 5) is 17.8. The summed E-state index contributed by atoms with van der Waals surface area (Å²) in [6, 6.07) is 24.7. The third-order valence-corrected chi connectivity index (χ3v) is 5.22. The van der Waals surface area contributed by atoms with E-state index >= 15 is 0 Å². The third kappa shape index (κ3) is 4.12. The monoisotopic (exact) mass is 403 g/mol. The molecule has 0 radical (unpaired) electrons. The van der Waals surface area contributed by atoms with Gasteiger partial charge >= 0.3 is 0 Å². The van der Waals surface area contributed by atoms with Crippen molar-refractivity contribution < 1.29 is 0 Å². The van der Waals surface area contributed by atoms with Crippen LogP contribution in [0.2, 0.25) is 0 Å². The molecule has 0 spiro atoms. The van der Waals surface area contributed by atoms with Gasteiger partial charge in [-0.25, -0.2) is 9.97 Å². The molecule has 0 aliphatic heterocycles. The lowest BCUT2D eigenvalue weighted by Crippen LogP contribution is -2.03. The summed E-state index contributed by atoms with van der Waals surface area (Å²) in [5.41, 5.74) is 7.31. The Morgan fingerprint density at radius 2 is 1.65 bits per heavy atom. The molecule has 31 heavy (non-hydrogen) atoms. The lowest BCUT2D eigenvalue weighted by Gasteiger charge is -2.10. The number of nitrogens with zero attached hydrogens (tertiary/aromatic N) is 4. The van der Waals surface area contributed by atoms with Crippen LogP contribution in [-0.2, 0) is 6.54 Å². The first-order valence-electron chi connectivity index (χ1n) is 10.2. The highest BCUT2D eigenvalue weighted by Crippen LogP contribution is 2.26. The molecule has 0 aliphatic rings. The Bertz CT molecular complexity index is 1330. The van der Waals surface area contributed by atoms with Gasteiger partial charge in [-0.05, 0) is 53.9 Å². The van der Waals surface area contributed by atoms with E-state index in [0.29, 0.717) is 6.54 Å². The van der Waals surface area contributed by atoms with Crippen LogP contribution in [0.5, 0.6) is 0 Å². The fourth-order valence-corrected chi connectivity index (χ4v) is 3.60. The highest BCUT2D eigenvalue weighted by molar-refractivity contribution is 5.91. The van der Waals surface area contributed by atoms with E-state index in [4.69, 9.17) is 0 Å². The summed E-state index contributed by atoms with van der Waals surface area (Å²) >= 11 is 0. The Balaban J connectivity index is 1.35. The van der Waals surface area contributed by atoms with Crippen LogP contribution in [0, 0.1) is 6.92 Å². The van der Waals surface area contributed by atoms with Gasteiger partial charge in [-0.2, -0.15) is 0 Å². The zero-order chi connectivity index (χ0) is 21.0. The van der Waals surface area contributed by atoms with Crippen molar-refractivity contribution in [1.82, 2.24) is 19.9 Å². The maximum Gasteiger partial charge on any atom is 0.137 e. The summed E-state index contributed by atoms with van der Waals surface area (Å²) < 4.78 is 0. The molecule has 5 nitrogen and oxygen atoms in total. The number of hydrogen-bond acceptors (Lipinski definition) is 5. The van der Waals surface area contributed by atoms with Gasteiger partial charge in [-0.1, -0.05) is 42.5 Å². The van der Waals surface area contributed by atoms with E-state index in [1.807, 2.05) is 55.7 Å². The van der Waals surface area contributed by atoms with E-state index in [0.717, 1.165) is 44.8 Å². The highest BCUT2D eigenvalue weighted by Gasteiger charge is 2.07. The largest absolute Gasteiger partial charge is 0.365 e. The van der Waals surface area contributed by atoms with Crippen LogP contribution in [0.1, 0.15) is 11.3 Å². The normalized spacial score (nSPS) is 10.9. The van der Waals surface area contributed by atoms with Gasteiger partial charge in [0.1, 0.15) is 12.1 Å². The average Bonchev–Trinajstić information content (AvgIpc) is 2.83. The van der Waals surface area contributed by atoms with Gasteiger partial charge in [-0.3, -0.25) is 9.97 Å². The SMILES string of the molecule is Cc1cc(-c2ccc(CNc3ncnc4cc(-c5ccccc5)ccc34)cn2)ccn1. The van der Waals surface area contributed by atoms with E-state index in [-0.39, 0.29) is 0 Å². The van der Waals surface area contributed by atoms with Crippen LogP contribution in [0.4, 0.5) is 5.82 Å². The summed E-state index contributed by atoms with van der Waals surface area (Å²) in [5, 5.41) is 4.43. The van der Waals surface area contributed by atoms with Gasteiger partial charge in [0.25, 0.3) is 0 Å². The van der Waals surface area contributed by atoms with Gasteiger partial charge in [-0.15, -0.1) is 0 Å². The minimum Gasteiger partial charge on any atom is -0.365 e. The zero-order valence-corrected chi connectivity index (χ0v) is 17.2. The molecule has 5 heteroatoms. The number of aryl methyl sites for hydroxylation is 1. The second kappa shape index (κ2) is 8.32. The van der Waals surface area contributed by atoms with Crippen molar-refractivity contribution in [3.8, 4) is 22.4 Å². The Morgan fingerprint density at radius 1 is 0.742 bits per heavy atom. The molecule has 1 N–H and O–H groups in total. The number of pyridine rings is 2. The standard InChI is InChI=1S/C26H21N5/c1-18-13-22(11-12-27-18)24-10-7-19(15-28-24)16-29-26-23-9-8-21(14-25(23)30-17-31-26)20-5-3-2-4-6-20/h2-15,17H,16H2,1H3,(H,29,30,31). The summed E-state index contributed by atoms with van der Waals surface area (Å²) in [5.74, 6) is 0.818. The number of fused-ring (bicyclic) bond motifs is 1. The van der Waals surface area contributed by atoms with Crippen molar-refractivity contribution in [3.63, 3.8) is 0 Å². The Morgan fingerprint density at radius 3 is 2.45 bits per heavy atom. The Kier molecular flexibility index (Phi) is 5.07. The van der Waals surface area contributed by atoms with Crippen molar-refractivity contribution in [2.75, 3.05) is 5.32 Å². The molecule has 150 valence electrons. The van der Waals surface area contributed by atoms with Crippen LogP contribution in [-0.4, -0.2) is 19.9 Å². The van der Waals surface area contributed by atoms with Crippen molar-refractivity contribution in [3.05, 3.63) is 103 Å². The maximum atomic E-state index is 4.61. The lowest BCUT2D eigenvalue weighted by molar-refractivity contribution is 1.08. The number of nitrogens with one attached hydrogen (secondary N) is 1. The summed E-state index contributed by atoms with van der Waals surface area (Å²) in [6.07, 6.45) is 5.31. The second-order valence-corrected chi connectivity index (χ2v) is 7.41. The summed E-state index contributed by atoms with van der Waals surface area (Å²) in [6.45, 7) is 2.62. The van der Waals surface area contributed by atoms with Gasteiger partial charge < -0.3 is 5.32 Å². The Labute approximate surface area is 180 Å².